The van der Waals surface area contributed by atoms with Crippen LogP contribution in [-0.4, -0.2) is 18.1 Å². The van der Waals surface area contributed by atoms with Crippen LogP contribution in [0.4, 0.5) is 10.5 Å². The van der Waals surface area contributed by atoms with Crippen LogP contribution in [0.3, 0.4) is 0 Å². The SMILES string of the molecule is COc1cc(C)ccc1Oc1ccc(NC(=O)NCc2ccccc2C)cn1. The van der Waals surface area contributed by atoms with E-state index in [1.165, 1.54) is 0 Å². The molecule has 0 unspecified atom stereocenters. The maximum Gasteiger partial charge on any atom is 0.319 e. The molecule has 1 aromatic heterocycles. The molecule has 1 heterocycles. The highest BCUT2D eigenvalue weighted by Crippen LogP contribution is 2.31. The Bertz CT molecular complexity index is 955. The average Bonchev–Trinajstić information content (AvgIpc) is 2.70. The van der Waals surface area contributed by atoms with Gasteiger partial charge >= 0.3 is 6.03 Å². The maximum absolute atomic E-state index is 12.1. The van der Waals surface area contributed by atoms with Gasteiger partial charge in [0.25, 0.3) is 0 Å². The number of aromatic nitrogens is 1. The molecule has 3 rings (SSSR count). The average molecular weight is 377 g/mol. The van der Waals surface area contributed by atoms with Crippen LogP contribution in [0.1, 0.15) is 16.7 Å². The molecule has 0 saturated heterocycles. The van der Waals surface area contributed by atoms with Crippen LogP contribution in [0.5, 0.6) is 17.4 Å². The van der Waals surface area contributed by atoms with Crippen molar-refractivity contribution in [3.63, 3.8) is 0 Å². The predicted molar refractivity (Wildman–Crippen MR) is 109 cm³/mol. The molecule has 2 amide bonds. The zero-order valence-corrected chi connectivity index (χ0v) is 16.2. The van der Waals surface area contributed by atoms with E-state index in [9.17, 15) is 4.79 Å². The Balaban J connectivity index is 1.57. The summed E-state index contributed by atoms with van der Waals surface area (Å²) in [6.45, 7) is 4.45. The quantitative estimate of drug-likeness (QED) is 0.646. The largest absolute Gasteiger partial charge is 0.493 e. The van der Waals surface area contributed by atoms with Crippen LogP contribution in [0.25, 0.3) is 0 Å². The molecule has 0 bridgehead atoms. The molecule has 0 saturated carbocycles. The molecule has 0 spiro atoms. The molecule has 0 aliphatic carbocycles. The Morgan fingerprint density at radius 2 is 1.86 bits per heavy atom. The second-order valence-corrected chi connectivity index (χ2v) is 6.38. The van der Waals surface area contributed by atoms with Gasteiger partial charge in [0, 0.05) is 12.6 Å². The Hall–Kier alpha value is -3.54. The van der Waals surface area contributed by atoms with Crippen molar-refractivity contribution >= 4 is 11.7 Å². The van der Waals surface area contributed by atoms with Gasteiger partial charge in [-0.2, -0.15) is 0 Å². The fourth-order valence-electron chi connectivity index (χ4n) is 2.65. The molecular formula is C22H23N3O3. The molecule has 6 heteroatoms. The van der Waals surface area contributed by atoms with Crippen molar-refractivity contribution in [2.24, 2.45) is 0 Å². The Morgan fingerprint density at radius 3 is 2.57 bits per heavy atom. The minimum Gasteiger partial charge on any atom is -0.493 e. The number of urea groups is 1. The highest BCUT2D eigenvalue weighted by atomic mass is 16.5. The van der Waals surface area contributed by atoms with Crippen molar-refractivity contribution < 1.29 is 14.3 Å². The van der Waals surface area contributed by atoms with Crippen molar-refractivity contribution in [3.8, 4) is 17.4 Å². The first-order valence-electron chi connectivity index (χ1n) is 8.93. The van der Waals surface area contributed by atoms with Gasteiger partial charge < -0.3 is 20.1 Å². The molecule has 0 aliphatic heterocycles. The molecule has 2 N–H and O–H groups in total. The lowest BCUT2D eigenvalue weighted by Crippen LogP contribution is -2.28. The van der Waals surface area contributed by atoms with Crippen LogP contribution < -0.4 is 20.1 Å². The van der Waals surface area contributed by atoms with E-state index in [4.69, 9.17) is 9.47 Å². The third kappa shape index (κ3) is 5.01. The van der Waals surface area contributed by atoms with E-state index in [0.717, 1.165) is 16.7 Å². The summed E-state index contributed by atoms with van der Waals surface area (Å²) in [5.74, 6) is 1.63. The second kappa shape index (κ2) is 8.90. The lowest BCUT2D eigenvalue weighted by atomic mass is 10.1. The number of carbonyl (C=O) groups excluding carboxylic acids is 1. The zero-order valence-electron chi connectivity index (χ0n) is 16.2. The molecule has 28 heavy (non-hydrogen) atoms. The number of ether oxygens (including phenoxy) is 2. The Labute approximate surface area is 164 Å². The highest BCUT2D eigenvalue weighted by Gasteiger charge is 2.08. The Kier molecular flexibility index (Phi) is 6.11. The maximum atomic E-state index is 12.1. The number of hydrogen-bond acceptors (Lipinski definition) is 4. The van der Waals surface area contributed by atoms with Crippen LogP contribution >= 0.6 is 0 Å². The summed E-state index contributed by atoms with van der Waals surface area (Å²) in [7, 11) is 1.59. The number of benzene rings is 2. The van der Waals surface area contributed by atoms with Gasteiger partial charge in [-0.25, -0.2) is 9.78 Å². The summed E-state index contributed by atoms with van der Waals surface area (Å²) in [6, 6.07) is 16.7. The molecule has 144 valence electrons. The monoisotopic (exact) mass is 377 g/mol. The van der Waals surface area contributed by atoms with E-state index in [1.807, 2.05) is 56.3 Å². The van der Waals surface area contributed by atoms with E-state index >= 15 is 0 Å². The predicted octanol–water partition coefficient (Wildman–Crippen LogP) is 4.82. The lowest BCUT2D eigenvalue weighted by molar-refractivity contribution is 0.251. The molecule has 0 fully saturated rings. The van der Waals surface area contributed by atoms with E-state index in [1.54, 1.807) is 25.4 Å². The lowest BCUT2D eigenvalue weighted by Gasteiger charge is -2.11. The third-order valence-corrected chi connectivity index (χ3v) is 4.23. The smallest absolute Gasteiger partial charge is 0.319 e. The van der Waals surface area contributed by atoms with Gasteiger partial charge in [-0.1, -0.05) is 30.3 Å². The van der Waals surface area contributed by atoms with Gasteiger partial charge in [0.1, 0.15) is 0 Å². The summed E-state index contributed by atoms with van der Waals surface area (Å²) < 4.78 is 11.1. The number of rotatable bonds is 6. The first-order chi connectivity index (χ1) is 13.5. The molecule has 2 aromatic carbocycles. The number of amides is 2. The molecule has 6 nitrogen and oxygen atoms in total. The molecule has 0 radical (unpaired) electrons. The minimum atomic E-state index is -0.293. The summed E-state index contributed by atoms with van der Waals surface area (Å²) >= 11 is 0. The standard InChI is InChI=1S/C22H23N3O3/c1-15-8-10-19(20(12-15)27-3)28-21-11-9-18(14-23-21)25-22(26)24-13-17-7-5-4-6-16(17)2/h4-12,14H,13H2,1-3H3,(H2,24,25,26). The number of nitrogens with zero attached hydrogens (tertiary/aromatic N) is 1. The van der Waals surface area contributed by atoms with E-state index in [0.29, 0.717) is 29.6 Å². The van der Waals surface area contributed by atoms with Crippen LogP contribution in [0, 0.1) is 13.8 Å². The number of nitrogens with one attached hydrogen (secondary N) is 2. The first-order valence-corrected chi connectivity index (χ1v) is 8.93. The minimum absolute atomic E-state index is 0.293. The van der Waals surface area contributed by atoms with Gasteiger partial charge in [-0.3, -0.25) is 0 Å². The molecule has 0 atom stereocenters. The van der Waals surface area contributed by atoms with Crippen molar-refractivity contribution in [2.75, 3.05) is 12.4 Å². The molecule has 0 aliphatic rings. The van der Waals surface area contributed by atoms with E-state index < -0.39 is 0 Å². The number of aryl methyl sites for hydroxylation is 2. The number of pyridine rings is 1. The van der Waals surface area contributed by atoms with Gasteiger partial charge in [0.15, 0.2) is 11.5 Å². The highest BCUT2D eigenvalue weighted by molar-refractivity contribution is 5.89. The fourth-order valence-corrected chi connectivity index (χ4v) is 2.65. The summed E-state index contributed by atoms with van der Waals surface area (Å²) in [5.41, 5.74) is 3.86. The number of hydrogen-bond donors (Lipinski definition) is 2. The van der Waals surface area contributed by atoms with Crippen LogP contribution in [-0.2, 0) is 6.54 Å². The number of carbonyl (C=O) groups is 1. The molecular weight excluding hydrogens is 354 g/mol. The van der Waals surface area contributed by atoms with Crippen molar-refractivity contribution in [2.45, 2.75) is 20.4 Å². The third-order valence-electron chi connectivity index (χ3n) is 4.23. The normalized spacial score (nSPS) is 10.2. The van der Waals surface area contributed by atoms with Gasteiger partial charge in [0.2, 0.25) is 5.88 Å². The van der Waals surface area contributed by atoms with Crippen LogP contribution in [0.2, 0.25) is 0 Å². The zero-order chi connectivity index (χ0) is 19.9. The Morgan fingerprint density at radius 1 is 1.04 bits per heavy atom. The summed E-state index contributed by atoms with van der Waals surface area (Å²) in [4.78, 5) is 16.3. The van der Waals surface area contributed by atoms with E-state index in [2.05, 4.69) is 15.6 Å². The second-order valence-electron chi connectivity index (χ2n) is 6.38. The first kappa shape index (κ1) is 19.2. The summed E-state index contributed by atoms with van der Waals surface area (Å²) in [5, 5.41) is 5.60. The topological polar surface area (TPSA) is 72.5 Å². The van der Waals surface area contributed by atoms with Gasteiger partial charge in [0.05, 0.1) is 19.0 Å². The van der Waals surface area contributed by atoms with Crippen molar-refractivity contribution in [1.29, 1.82) is 0 Å². The van der Waals surface area contributed by atoms with E-state index in [-0.39, 0.29) is 6.03 Å². The molecule has 3 aromatic rings. The van der Waals surface area contributed by atoms with Crippen LogP contribution in [0.15, 0.2) is 60.8 Å². The van der Waals surface area contributed by atoms with Crippen molar-refractivity contribution in [1.82, 2.24) is 10.3 Å². The number of anilines is 1. The summed E-state index contributed by atoms with van der Waals surface area (Å²) in [6.07, 6.45) is 1.54. The van der Waals surface area contributed by atoms with Gasteiger partial charge in [-0.05, 0) is 48.7 Å². The van der Waals surface area contributed by atoms with Crippen molar-refractivity contribution in [3.05, 3.63) is 77.5 Å². The number of methoxy groups -OCH3 is 1. The fraction of sp³-hybridized carbons (Fsp3) is 0.182. The van der Waals surface area contributed by atoms with Gasteiger partial charge in [-0.15, -0.1) is 0 Å².